The average Bonchev–Trinajstić information content (AvgIpc) is 3.28. The first kappa shape index (κ1) is 21.3. The number of thiophene rings is 1. The van der Waals surface area contributed by atoms with Crippen molar-refractivity contribution in [1.82, 2.24) is 4.90 Å². The third kappa shape index (κ3) is 5.36. The van der Waals surface area contributed by atoms with Crippen molar-refractivity contribution in [3.63, 3.8) is 0 Å². The molecule has 1 unspecified atom stereocenters. The summed E-state index contributed by atoms with van der Waals surface area (Å²) < 4.78 is 32.3. The smallest absolute Gasteiger partial charge is 0.338 e. The summed E-state index contributed by atoms with van der Waals surface area (Å²) in [5, 5.41) is 1.68. The Kier molecular flexibility index (Phi) is 6.92. The van der Waals surface area contributed by atoms with Crippen molar-refractivity contribution in [2.75, 3.05) is 17.9 Å². The second-order valence-corrected chi connectivity index (χ2v) is 9.69. The van der Waals surface area contributed by atoms with E-state index in [9.17, 15) is 18.0 Å². The number of hydrogen-bond donors (Lipinski definition) is 1. The molecule has 1 atom stereocenters. The molecular formula is C20H24N2O5S2. The van der Waals surface area contributed by atoms with Crippen molar-refractivity contribution < 1.29 is 22.7 Å². The summed E-state index contributed by atoms with van der Waals surface area (Å²) in [6.07, 6.45) is 3.96. The lowest BCUT2D eigenvalue weighted by Gasteiger charge is -2.35. The van der Waals surface area contributed by atoms with Crippen molar-refractivity contribution >= 4 is 38.9 Å². The van der Waals surface area contributed by atoms with Gasteiger partial charge in [-0.25, -0.2) is 13.2 Å². The van der Waals surface area contributed by atoms with Gasteiger partial charge in [-0.3, -0.25) is 9.52 Å². The number of amides is 1. The standard InChI is InChI=1S/C20H24N2O5S2/c1-2-17-6-3-4-12-22(17)18(23)14-27-20(24)15-8-10-16(11-9-15)21-29(25,26)19-7-5-13-28-19/h5,7-11,13,17,21H,2-4,6,12,14H2,1H3. The lowest BCUT2D eigenvalue weighted by atomic mass is 10.00. The minimum Gasteiger partial charge on any atom is -0.452 e. The Bertz CT molecular complexity index is 940. The molecule has 1 aromatic carbocycles. The van der Waals surface area contributed by atoms with Crippen LogP contribution in [0.15, 0.2) is 46.0 Å². The number of anilines is 1. The zero-order valence-corrected chi connectivity index (χ0v) is 17.8. The first-order valence-corrected chi connectivity index (χ1v) is 11.9. The number of piperidine rings is 1. The molecule has 1 aromatic heterocycles. The number of carbonyl (C=O) groups is 2. The van der Waals surface area contributed by atoms with Crippen molar-refractivity contribution in [2.24, 2.45) is 0 Å². The minimum atomic E-state index is -3.64. The number of hydrogen-bond acceptors (Lipinski definition) is 6. The number of carbonyl (C=O) groups excluding carboxylic acids is 2. The largest absolute Gasteiger partial charge is 0.452 e. The van der Waals surface area contributed by atoms with Gasteiger partial charge in [-0.1, -0.05) is 13.0 Å². The fraction of sp³-hybridized carbons (Fsp3) is 0.400. The maximum absolute atomic E-state index is 12.4. The van der Waals surface area contributed by atoms with E-state index in [4.69, 9.17) is 4.74 Å². The molecule has 29 heavy (non-hydrogen) atoms. The second kappa shape index (κ2) is 9.41. The Morgan fingerprint density at radius 1 is 1.21 bits per heavy atom. The average molecular weight is 437 g/mol. The van der Waals surface area contributed by atoms with E-state index >= 15 is 0 Å². The lowest BCUT2D eigenvalue weighted by molar-refractivity contribution is -0.138. The molecule has 1 saturated heterocycles. The van der Waals surface area contributed by atoms with Gasteiger partial charge in [0.05, 0.1) is 5.56 Å². The van der Waals surface area contributed by atoms with Crippen LogP contribution in [-0.2, 0) is 19.6 Å². The van der Waals surface area contributed by atoms with Crippen LogP contribution in [0.2, 0.25) is 0 Å². The van der Waals surface area contributed by atoms with E-state index in [0.717, 1.165) is 37.0 Å². The molecule has 3 rings (SSSR count). The lowest BCUT2D eigenvalue weighted by Crippen LogP contribution is -2.45. The number of benzene rings is 1. The quantitative estimate of drug-likeness (QED) is 0.671. The second-order valence-electron chi connectivity index (χ2n) is 6.84. The van der Waals surface area contributed by atoms with Gasteiger partial charge in [0.2, 0.25) is 0 Å². The topological polar surface area (TPSA) is 92.8 Å². The van der Waals surface area contributed by atoms with Crippen LogP contribution in [0.1, 0.15) is 43.0 Å². The Labute approximate surface area is 174 Å². The number of likely N-dealkylation sites (tertiary alicyclic amines) is 1. The van der Waals surface area contributed by atoms with Crippen LogP contribution >= 0.6 is 11.3 Å². The summed E-state index contributed by atoms with van der Waals surface area (Å²) in [7, 11) is -3.64. The number of ether oxygens (including phenoxy) is 1. The molecule has 0 radical (unpaired) electrons. The fourth-order valence-corrected chi connectivity index (χ4v) is 5.39. The Morgan fingerprint density at radius 2 is 1.97 bits per heavy atom. The van der Waals surface area contributed by atoms with E-state index < -0.39 is 16.0 Å². The highest BCUT2D eigenvalue weighted by Crippen LogP contribution is 2.21. The van der Waals surface area contributed by atoms with Gasteiger partial charge in [-0.15, -0.1) is 11.3 Å². The molecule has 0 aliphatic carbocycles. The highest BCUT2D eigenvalue weighted by Gasteiger charge is 2.26. The molecule has 1 amide bonds. The molecule has 1 aliphatic heterocycles. The van der Waals surface area contributed by atoms with Gasteiger partial charge in [-0.2, -0.15) is 0 Å². The third-order valence-corrected chi connectivity index (χ3v) is 7.66. The predicted molar refractivity (Wildman–Crippen MR) is 111 cm³/mol. The Hall–Kier alpha value is -2.39. The molecule has 1 fully saturated rings. The van der Waals surface area contributed by atoms with Crippen molar-refractivity contribution in [2.45, 2.75) is 42.9 Å². The van der Waals surface area contributed by atoms with Crippen LogP contribution in [0.5, 0.6) is 0 Å². The fourth-order valence-electron chi connectivity index (χ4n) is 3.34. The van der Waals surface area contributed by atoms with Crippen molar-refractivity contribution in [3.05, 3.63) is 47.3 Å². The molecular weight excluding hydrogens is 412 g/mol. The Morgan fingerprint density at radius 3 is 2.62 bits per heavy atom. The van der Waals surface area contributed by atoms with Crippen molar-refractivity contribution in [1.29, 1.82) is 0 Å². The molecule has 9 heteroatoms. The van der Waals surface area contributed by atoms with Gasteiger partial charge in [0.25, 0.3) is 15.9 Å². The summed E-state index contributed by atoms with van der Waals surface area (Å²) in [6.45, 7) is 2.46. The predicted octanol–water partition coefficient (Wildman–Crippen LogP) is 3.50. The Balaban J connectivity index is 1.56. The molecule has 2 heterocycles. The number of sulfonamides is 1. The van der Waals surface area contributed by atoms with Crippen LogP contribution in [0.25, 0.3) is 0 Å². The van der Waals surface area contributed by atoms with Crippen molar-refractivity contribution in [3.8, 4) is 0 Å². The van der Waals surface area contributed by atoms with E-state index in [-0.39, 0.29) is 28.3 Å². The number of nitrogens with one attached hydrogen (secondary N) is 1. The molecule has 2 aromatic rings. The van der Waals surface area contributed by atoms with E-state index in [1.807, 2.05) is 0 Å². The van der Waals surface area contributed by atoms with Gasteiger partial charge in [0, 0.05) is 18.3 Å². The van der Waals surface area contributed by atoms with E-state index in [0.29, 0.717) is 12.2 Å². The van der Waals surface area contributed by atoms with E-state index in [2.05, 4.69) is 11.6 Å². The van der Waals surface area contributed by atoms with Crippen LogP contribution in [0.3, 0.4) is 0 Å². The molecule has 0 saturated carbocycles. The molecule has 0 spiro atoms. The molecule has 1 N–H and O–H groups in total. The number of rotatable bonds is 7. The number of esters is 1. The molecule has 7 nitrogen and oxygen atoms in total. The molecule has 1 aliphatic rings. The maximum atomic E-state index is 12.4. The van der Waals surface area contributed by atoms with Crippen LogP contribution in [0, 0.1) is 0 Å². The highest BCUT2D eigenvalue weighted by molar-refractivity contribution is 7.94. The summed E-state index contributed by atoms with van der Waals surface area (Å²) in [6, 6.07) is 9.30. The van der Waals surface area contributed by atoms with Crippen LogP contribution in [-0.4, -0.2) is 44.4 Å². The van der Waals surface area contributed by atoms with E-state index in [1.165, 1.54) is 30.3 Å². The zero-order valence-electron chi connectivity index (χ0n) is 16.2. The third-order valence-electron chi connectivity index (χ3n) is 4.88. The summed E-state index contributed by atoms with van der Waals surface area (Å²) in [4.78, 5) is 26.4. The van der Waals surface area contributed by atoms with E-state index in [1.54, 1.807) is 16.3 Å². The maximum Gasteiger partial charge on any atom is 0.338 e. The SMILES string of the molecule is CCC1CCCCN1C(=O)COC(=O)c1ccc(NS(=O)(=O)c2cccs2)cc1. The van der Waals surface area contributed by atoms with Crippen LogP contribution < -0.4 is 4.72 Å². The normalized spacial score (nSPS) is 17.0. The summed E-state index contributed by atoms with van der Waals surface area (Å²) >= 11 is 1.12. The first-order valence-electron chi connectivity index (χ1n) is 9.53. The molecule has 0 bridgehead atoms. The zero-order chi connectivity index (χ0) is 20.9. The first-order chi connectivity index (χ1) is 13.9. The van der Waals surface area contributed by atoms with Crippen LogP contribution in [0.4, 0.5) is 5.69 Å². The highest BCUT2D eigenvalue weighted by atomic mass is 32.2. The minimum absolute atomic E-state index is 0.176. The number of nitrogens with zero attached hydrogens (tertiary/aromatic N) is 1. The summed E-state index contributed by atoms with van der Waals surface area (Å²) in [5.41, 5.74) is 0.590. The monoisotopic (exact) mass is 436 g/mol. The van der Waals surface area contributed by atoms with Gasteiger partial charge < -0.3 is 9.64 Å². The van der Waals surface area contributed by atoms with Gasteiger partial charge in [0.15, 0.2) is 6.61 Å². The molecule has 156 valence electrons. The van der Waals surface area contributed by atoms with Gasteiger partial charge >= 0.3 is 5.97 Å². The van der Waals surface area contributed by atoms with Gasteiger partial charge in [0.1, 0.15) is 4.21 Å². The van der Waals surface area contributed by atoms with Gasteiger partial charge in [-0.05, 0) is 61.4 Å². The summed E-state index contributed by atoms with van der Waals surface area (Å²) in [5.74, 6) is -0.790.